The molecule has 0 saturated carbocycles. The van der Waals surface area contributed by atoms with E-state index in [9.17, 15) is 18.5 Å². The standard InChI is InChI=1S/C20H31N3O5S/c1-28-20-14-16(3-4-18(20)23(24)25)19-13-15(8-12-29(2,26)27)7-11-22(19)17-5-9-21-10-6-17/h3-4,14-15,17,19,21H,5-13H2,1-2H3. The molecule has 1 aromatic carbocycles. The molecule has 9 heteroatoms. The molecule has 8 nitrogen and oxygen atoms in total. The minimum absolute atomic E-state index is 0.0332. The molecule has 0 bridgehead atoms. The van der Waals surface area contributed by atoms with Gasteiger partial charge in [0.25, 0.3) is 0 Å². The number of hydrogen-bond acceptors (Lipinski definition) is 7. The van der Waals surface area contributed by atoms with Crippen LogP contribution in [0.1, 0.15) is 43.7 Å². The van der Waals surface area contributed by atoms with E-state index in [1.165, 1.54) is 19.4 Å². The van der Waals surface area contributed by atoms with Crippen molar-refractivity contribution in [2.24, 2.45) is 5.92 Å². The number of nitrogens with zero attached hydrogens (tertiary/aromatic N) is 2. The molecule has 162 valence electrons. The highest BCUT2D eigenvalue weighted by atomic mass is 32.2. The SMILES string of the molecule is COc1cc(C2CC(CCS(C)(=O)=O)CCN2C2CCNCC2)ccc1[N+](=O)[O-]. The van der Waals surface area contributed by atoms with Crippen molar-refractivity contribution in [2.75, 3.05) is 38.8 Å². The van der Waals surface area contributed by atoms with Gasteiger partial charge in [0.1, 0.15) is 9.84 Å². The van der Waals surface area contributed by atoms with Gasteiger partial charge in [0, 0.05) is 24.4 Å². The quantitative estimate of drug-likeness (QED) is 0.529. The fourth-order valence-electron chi connectivity index (χ4n) is 4.65. The van der Waals surface area contributed by atoms with Crippen LogP contribution < -0.4 is 10.1 Å². The van der Waals surface area contributed by atoms with Gasteiger partial charge in [-0.2, -0.15) is 0 Å². The smallest absolute Gasteiger partial charge is 0.310 e. The molecular weight excluding hydrogens is 394 g/mol. The van der Waals surface area contributed by atoms with E-state index in [0.29, 0.717) is 18.4 Å². The van der Waals surface area contributed by atoms with E-state index < -0.39 is 14.8 Å². The van der Waals surface area contributed by atoms with Crippen molar-refractivity contribution in [3.05, 3.63) is 33.9 Å². The van der Waals surface area contributed by atoms with Crippen LogP contribution in [0.25, 0.3) is 0 Å². The van der Waals surface area contributed by atoms with Gasteiger partial charge in [-0.3, -0.25) is 15.0 Å². The summed E-state index contributed by atoms with van der Waals surface area (Å²) in [6.45, 7) is 2.91. The summed E-state index contributed by atoms with van der Waals surface area (Å²) in [6.07, 6.45) is 5.96. The molecule has 1 aromatic rings. The van der Waals surface area contributed by atoms with Gasteiger partial charge in [-0.15, -0.1) is 0 Å². The number of methoxy groups -OCH3 is 1. The van der Waals surface area contributed by atoms with Crippen molar-refractivity contribution in [3.8, 4) is 5.75 Å². The second kappa shape index (κ2) is 9.40. The summed E-state index contributed by atoms with van der Waals surface area (Å²) in [5.41, 5.74) is 0.976. The monoisotopic (exact) mass is 425 g/mol. The minimum atomic E-state index is -2.98. The summed E-state index contributed by atoms with van der Waals surface area (Å²) in [6, 6.07) is 5.73. The maximum absolute atomic E-state index is 11.6. The van der Waals surface area contributed by atoms with Crippen LogP contribution in [0.5, 0.6) is 5.75 Å². The van der Waals surface area contributed by atoms with Crippen molar-refractivity contribution in [2.45, 2.75) is 44.2 Å². The van der Waals surface area contributed by atoms with Gasteiger partial charge in [-0.25, -0.2) is 8.42 Å². The van der Waals surface area contributed by atoms with Crippen LogP contribution >= 0.6 is 0 Å². The predicted molar refractivity (Wildman–Crippen MR) is 112 cm³/mol. The van der Waals surface area contributed by atoms with Crippen LogP contribution in [0.4, 0.5) is 5.69 Å². The van der Waals surface area contributed by atoms with Crippen molar-refractivity contribution < 1.29 is 18.1 Å². The van der Waals surface area contributed by atoms with Crippen LogP contribution in [0.3, 0.4) is 0 Å². The van der Waals surface area contributed by atoms with Gasteiger partial charge in [0.15, 0.2) is 5.75 Å². The lowest BCUT2D eigenvalue weighted by atomic mass is 9.83. The normalized spacial score (nSPS) is 24.3. The Morgan fingerprint density at radius 2 is 2.00 bits per heavy atom. The Kier molecular flexibility index (Phi) is 7.13. The van der Waals surface area contributed by atoms with Crippen LogP contribution in [0.15, 0.2) is 18.2 Å². The van der Waals surface area contributed by atoms with E-state index in [1.807, 2.05) is 6.07 Å². The molecule has 2 unspecified atom stereocenters. The number of sulfone groups is 1. The largest absolute Gasteiger partial charge is 0.490 e. The van der Waals surface area contributed by atoms with Gasteiger partial charge < -0.3 is 10.1 Å². The molecule has 2 saturated heterocycles. The first-order valence-corrected chi connectivity index (χ1v) is 12.3. The second-order valence-corrected chi connectivity index (χ2v) is 10.5. The summed E-state index contributed by atoms with van der Waals surface area (Å²) >= 11 is 0. The summed E-state index contributed by atoms with van der Waals surface area (Å²) in [4.78, 5) is 13.4. The van der Waals surface area contributed by atoms with Crippen molar-refractivity contribution in [3.63, 3.8) is 0 Å². The number of hydrogen-bond donors (Lipinski definition) is 1. The zero-order valence-corrected chi connectivity index (χ0v) is 18.0. The highest BCUT2D eigenvalue weighted by Crippen LogP contribution is 2.41. The molecule has 2 heterocycles. The number of ether oxygens (including phenoxy) is 1. The van der Waals surface area contributed by atoms with Gasteiger partial charge in [0.05, 0.1) is 17.8 Å². The third kappa shape index (κ3) is 5.67. The van der Waals surface area contributed by atoms with Crippen LogP contribution in [0, 0.1) is 16.0 Å². The van der Waals surface area contributed by atoms with E-state index in [4.69, 9.17) is 4.74 Å². The van der Waals surface area contributed by atoms with Gasteiger partial charge >= 0.3 is 5.69 Å². The summed E-state index contributed by atoms with van der Waals surface area (Å²) < 4.78 is 28.5. The maximum atomic E-state index is 11.6. The van der Waals surface area contributed by atoms with Crippen LogP contribution in [-0.2, 0) is 9.84 Å². The number of likely N-dealkylation sites (tertiary alicyclic amines) is 1. The molecule has 2 aliphatic rings. The average Bonchev–Trinajstić information content (AvgIpc) is 2.71. The molecule has 3 rings (SSSR count). The number of nitro groups is 1. The number of piperidine rings is 2. The van der Waals surface area contributed by atoms with E-state index in [2.05, 4.69) is 10.2 Å². The second-order valence-electron chi connectivity index (χ2n) is 8.23. The molecule has 0 amide bonds. The first-order valence-electron chi connectivity index (χ1n) is 10.2. The summed E-state index contributed by atoms with van der Waals surface area (Å²) in [7, 11) is -1.53. The molecule has 2 aliphatic heterocycles. The van der Waals surface area contributed by atoms with E-state index in [0.717, 1.165) is 50.9 Å². The van der Waals surface area contributed by atoms with Gasteiger partial charge in [-0.05, 0) is 69.3 Å². The number of nitro benzene ring substituents is 1. The topological polar surface area (TPSA) is 102 Å². The predicted octanol–water partition coefficient (Wildman–Crippen LogP) is 2.54. The van der Waals surface area contributed by atoms with Gasteiger partial charge in [0.2, 0.25) is 0 Å². The molecule has 0 radical (unpaired) electrons. The van der Waals surface area contributed by atoms with Crippen molar-refractivity contribution >= 4 is 15.5 Å². The molecule has 1 N–H and O–H groups in total. The molecule has 29 heavy (non-hydrogen) atoms. The summed E-state index contributed by atoms with van der Waals surface area (Å²) in [5.74, 6) is 0.811. The Morgan fingerprint density at radius 1 is 1.28 bits per heavy atom. The molecule has 0 aliphatic carbocycles. The Balaban J connectivity index is 1.86. The number of nitrogens with one attached hydrogen (secondary N) is 1. The first-order chi connectivity index (χ1) is 13.8. The lowest BCUT2D eigenvalue weighted by Crippen LogP contribution is -2.48. The molecular formula is C20H31N3O5S. The van der Waals surface area contributed by atoms with Crippen molar-refractivity contribution in [1.82, 2.24) is 10.2 Å². The van der Waals surface area contributed by atoms with Crippen molar-refractivity contribution in [1.29, 1.82) is 0 Å². The molecule has 0 aromatic heterocycles. The van der Waals surface area contributed by atoms with Gasteiger partial charge in [-0.1, -0.05) is 6.07 Å². The van der Waals surface area contributed by atoms with E-state index >= 15 is 0 Å². The molecule has 0 spiro atoms. The third-order valence-corrected chi connectivity index (χ3v) is 7.19. The first kappa shape index (κ1) is 22.0. The maximum Gasteiger partial charge on any atom is 0.310 e. The van der Waals surface area contributed by atoms with Crippen LogP contribution in [-0.4, -0.2) is 63.0 Å². The highest BCUT2D eigenvalue weighted by Gasteiger charge is 2.35. The minimum Gasteiger partial charge on any atom is -0.490 e. The van der Waals surface area contributed by atoms with E-state index in [-0.39, 0.29) is 23.2 Å². The Morgan fingerprint density at radius 3 is 2.62 bits per heavy atom. The lowest BCUT2D eigenvalue weighted by molar-refractivity contribution is -0.385. The number of benzene rings is 1. The molecule has 2 atom stereocenters. The Hall–Kier alpha value is -1.71. The lowest BCUT2D eigenvalue weighted by Gasteiger charge is -2.45. The van der Waals surface area contributed by atoms with Crippen LogP contribution in [0.2, 0.25) is 0 Å². The molecule has 2 fully saturated rings. The zero-order valence-electron chi connectivity index (χ0n) is 17.2. The fraction of sp³-hybridized carbons (Fsp3) is 0.700. The Labute approximate surface area is 172 Å². The number of rotatable bonds is 7. The van der Waals surface area contributed by atoms with E-state index in [1.54, 1.807) is 6.07 Å². The fourth-order valence-corrected chi connectivity index (χ4v) is 5.42. The zero-order chi connectivity index (χ0) is 21.0. The summed E-state index contributed by atoms with van der Waals surface area (Å²) in [5, 5.41) is 14.7. The average molecular weight is 426 g/mol. The third-order valence-electron chi connectivity index (χ3n) is 6.21. The highest BCUT2D eigenvalue weighted by molar-refractivity contribution is 7.90. The Bertz CT molecular complexity index is 823.